The van der Waals surface area contributed by atoms with Crippen molar-refractivity contribution in [3.05, 3.63) is 11.9 Å². The van der Waals surface area contributed by atoms with Crippen molar-refractivity contribution in [1.29, 1.82) is 0 Å². The Hall–Kier alpha value is -1.14. The van der Waals surface area contributed by atoms with Crippen molar-refractivity contribution in [1.82, 2.24) is 20.3 Å². The summed E-state index contributed by atoms with van der Waals surface area (Å²) in [6, 6.07) is 0. The van der Waals surface area contributed by atoms with Crippen molar-refractivity contribution in [2.45, 2.75) is 11.9 Å². The van der Waals surface area contributed by atoms with E-state index in [9.17, 15) is 4.79 Å². The fourth-order valence-electron chi connectivity index (χ4n) is 1.01. The van der Waals surface area contributed by atoms with Crippen molar-refractivity contribution in [2.75, 3.05) is 13.7 Å². The van der Waals surface area contributed by atoms with Gasteiger partial charge in [0.2, 0.25) is 0 Å². The third kappa shape index (κ3) is 3.85. The Morgan fingerprint density at radius 2 is 2.53 bits per heavy atom. The van der Waals surface area contributed by atoms with Crippen molar-refractivity contribution < 1.29 is 9.53 Å². The minimum absolute atomic E-state index is 0.338. The van der Waals surface area contributed by atoms with Crippen LogP contribution in [0.25, 0.3) is 0 Å². The third-order valence-corrected chi connectivity index (χ3v) is 2.07. The minimum Gasteiger partial charge on any atom is -0.468 e. The molecule has 1 N–H and O–H groups in total. The van der Waals surface area contributed by atoms with Crippen LogP contribution in [0.2, 0.25) is 0 Å². The molecule has 84 valence electrons. The Labute approximate surface area is 92.5 Å². The van der Waals surface area contributed by atoms with Crippen molar-refractivity contribution in [3.63, 3.8) is 0 Å². The number of esters is 1. The van der Waals surface area contributed by atoms with E-state index in [1.54, 1.807) is 17.9 Å². The molecule has 0 aliphatic heterocycles. The smallest absolute Gasteiger partial charge is 0.325 e. The Morgan fingerprint density at radius 3 is 3.07 bits per heavy atom. The number of methoxy groups -OCH3 is 1. The topological polar surface area (TPSA) is 69.0 Å². The zero-order valence-electron chi connectivity index (χ0n) is 8.61. The van der Waals surface area contributed by atoms with Gasteiger partial charge in [0.05, 0.1) is 12.8 Å². The van der Waals surface area contributed by atoms with Crippen LogP contribution in [0.15, 0.2) is 6.20 Å². The monoisotopic (exact) mass is 232 g/mol. The summed E-state index contributed by atoms with van der Waals surface area (Å²) in [5.41, 5.74) is 0.797. The number of carbonyl (C=O) groups is 1. The van der Waals surface area contributed by atoms with Gasteiger partial charge in [0.1, 0.15) is 5.38 Å². The zero-order valence-corrected chi connectivity index (χ0v) is 9.36. The molecular formula is C8H13ClN4O2. The molecule has 1 unspecified atom stereocenters. The summed E-state index contributed by atoms with van der Waals surface area (Å²) in [4.78, 5) is 10.9. The number of rotatable bonds is 5. The second-order valence-electron chi connectivity index (χ2n) is 3.01. The SMILES string of the molecule is COC(=O)C(Cl)CNCc1cn(C)nn1. The maximum absolute atomic E-state index is 10.9. The highest BCUT2D eigenvalue weighted by atomic mass is 35.5. The first kappa shape index (κ1) is 11.9. The number of aromatic nitrogens is 3. The average Bonchev–Trinajstić information content (AvgIpc) is 2.63. The molecule has 1 rings (SSSR count). The van der Waals surface area contributed by atoms with Crippen LogP contribution in [-0.2, 0) is 23.1 Å². The van der Waals surface area contributed by atoms with E-state index in [2.05, 4.69) is 20.4 Å². The van der Waals surface area contributed by atoms with Crippen LogP contribution in [0, 0.1) is 0 Å². The number of alkyl halides is 1. The van der Waals surface area contributed by atoms with Crippen LogP contribution >= 0.6 is 11.6 Å². The summed E-state index contributed by atoms with van der Waals surface area (Å²) in [6.07, 6.45) is 1.79. The standard InChI is InChI=1S/C8H13ClN4O2/c1-13-5-6(11-12-13)3-10-4-7(9)8(14)15-2/h5,7,10H,3-4H2,1-2H3. The highest BCUT2D eigenvalue weighted by molar-refractivity contribution is 6.30. The summed E-state index contributed by atoms with van der Waals surface area (Å²) < 4.78 is 6.08. The molecule has 0 saturated carbocycles. The van der Waals surface area contributed by atoms with E-state index in [1.807, 2.05) is 0 Å². The van der Waals surface area contributed by atoms with Crippen LogP contribution in [0.1, 0.15) is 5.69 Å². The molecule has 0 fully saturated rings. The van der Waals surface area contributed by atoms with Crippen molar-refractivity contribution in [2.24, 2.45) is 7.05 Å². The van der Waals surface area contributed by atoms with Gasteiger partial charge in [0.15, 0.2) is 0 Å². The van der Waals surface area contributed by atoms with Gasteiger partial charge in [0, 0.05) is 26.3 Å². The van der Waals surface area contributed by atoms with Gasteiger partial charge in [-0.05, 0) is 0 Å². The van der Waals surface area contributed by atoms with Gasteiger partial charge in [-0.15, -0.1) is 16.7 Å². The van der Waals surface area contributed by atoms with Gasteiger partial charge >= 0.3 is 5.97 Å². The first-order chi connectivity index (χ1) is 7.13. The summed E-state index contributed by atoms with van der Waals surface area (Å²) in [5.74, 6) is -0.441. The van der Waals surface area contributed by atoms with E-state index in [-0.39, 0.29) is 0 Å². The zero-order chi connectivity index (χ0) is 11.3. The van der Waals surface area contributed by atoms with Crippen LogP contribution in [0.4, 0.5) is 0 Å². The number of halogens is 1. The molecule has 6 nitrogen and oxygen atoms in total. The molecule has 1 aromatic rings. The average molecular weight is 233 g/mol. The highest BCUT2D eigenvalue weighted by Crippen LogP contribution is 1.97. The van der Waals surface area contributed by atoms with E-state index in [0.717, 1.165) is 5.69 Å². The van der Waals surface area contributed by atoms with Crippen LogP contribution < -0.4 is 5.32 Å². The lowest BCUT2D eigenvalue weighted by Gasteiger charge is -2.07. The van der Waals surface area contributed by atoms with Crippen molar-refractivity contribution >= 4 is 17.6 Å². The molecule has 0 saturated heterocycles. The molecule has 15 heavy (non-hydrogen) atoms. The van der Waals surface area contributed by atoms with Gasteiger partial charge < -0.3 is 10.1 Å². The van der Waals surface area contributed by atoms with E-state index >= 15 is 0 Å². The number of nitrogens with zero attached hydrogens (tertiary/aromatic N) is 3. The quantitative estimate of drug-likeness (QED) is 0.557. The van der Waals surface area contributed by atoms with Gasteiger partial charge in [-0.25, -0.2) is 0 Å². The number of carbonyl (C=O) groups excluding carboxylic acids is 1. The molecule has 0 radical (unpaired) electrons. The lowest BCUT2D eigenvalue weighted by molar-refractivity contribution is -0.140. The molecular weight excluding hydrogens is 220 g/mol. The van der Waals surface area contributed by atoms with Gasteiger partial charge in [0.25, 0.3) is 0 Å². The predicted octanol–water partition coefficient (Wildman–Crippen LogP) is -0.315. The Morgan fingerprint density at radius 1 is 1.80 bits per heavy atom. The van der Waals surface area contributed by atoms with Gasteiger partial charge in [-0.3, -0.25) is 9.48 Å². The molecule has 1 heterocycles. The Balaban J connectivity index is 2.24. The molecule has 1 aromatic heterocycles. The molecule has 0 amide bonds. The molecule has 0 aromatic carbocycles. The summed E-state index contributed by atoms with van der Waals surface area (Å²) >= 11 is 5.72. The summed E-state index contributed by atoms with van der Waals surface area (Å²) in [7, 11) is 3.09. The Bertz CT molecular complexity index is 328. The number of aryl methyl sites for hydroxylation is 1. The number of ether oxygens (including phenoxy) is 1. The minimum atomic E-state index is -0.674. The molecule has 1 atom stereocenters. The van der Waals surface area contributed by atoms with Crippen LogP contribution in [-0.4, -0.2) is 40.0 Å². The van der Waals surface area contributed by atoms with Crippen LogP contribution in [0.5, 0.6) is 0 Å². The second kappa shape index (κ2) is 5.67. The predicted molar refractivity (Wildman–Crippen MR) is 54.4 cm³/mol. The number of hydrogen-bond donors (Lipinski definition) is 1. The molecule has 0 spiro atoms. The van der Waals surface area contributed by atoms with Crippen molar-refractivity contribution in [3.8, 4) is 0 Å². The normalized spacial score (nSPS) is 12.5. The lowest BCUT2D eigenvalue weighted by Crippen LogP contribution is -2.29. The lowest BCUT2D eigenvalue weighted by atomic mass is 10.4. The first-order valence-electron chi connectivity index (χ1n) is 4.41. The molecule has 0 bridgehead atoms. The first-order valence-corrected chi connectivity index (χ1v) is 4.85. The van der Waals surface area contributed by atoms with Crippen LogP contribution in [0.3, 0.4) is 0 Å². The molecule has 7 heteroatoms. The van der Waals surface area contributed by atoms with E-state index in [0.29, 0.717) is 13.1 Å². The molecule has 0 aliphatic rings. The third-order valence-electron chi connectivity index (χ3n) is 1.74. The number of nitrogens with one attached hydrogen (secondary N) is 1. The van der Waals surface area contributed by atoms with Gasteiger partial charge in [-0.1, -0.05) is 5.21 Å². The highest BCUT2D eigenvalue weighted by Gasteiger charge is 2.14. The van der Waals surface area contributed by atoms with E-state index in [4.69, 9.17) is 11.6 Å². The van der Waals surface area contributed by atoms with E-state index < -0.39 is 11.3 Å². The Kier molecular flexibility index (Phi) is 4.51. The fourth-order valence-corrected chi connectivity index (χ4v) is 1.21. The molecule has 0 aliphatic carbocycles. The maximum atomic E-state index is 10.9. The largest absolute Gasteiger partial charge is 0.468 e. The fraction of sp³-hybridized carbons (Fsp3) is 0.625. The van der Waals surface area contributed by atoms with Gasteiger partial charge in [-0.2, -0.15) is 0 Å². The van der Waals surface area contributed by atoms with E-state index in [1.165, 1.54) is 7.11 Å². The summed E-state index contributed by atoms with van der Waals surface area (Å²) in [5, 5.41) is 9.94. The number of hydrogen-bond acceptors (Lipinski definition) is 5. The second-order valence-corrected chi connectivity index (χ2v) is 3.53. The summed E-state index contributed by atoms with van der Waals surface area (Å²) in [6.45, 7) is 0.860. The maximum Gasteiger partial charge on any atom is 0.325 e.